The first kappa shape index (κ1) is 14.7. The van der Waals surface area contributed by atoms with Gasteiger partial charge < -0.3 is 10.4 Å². The van der Waals surface area contributed by atoms with Gasteiger partial charge in [0.25, 0.3) is 0 Å². The summed E-state index contributed by atoms with van der Waals surface area (Å²) in [5.74, 6) is -0.766. The second-order valence-corrected chi connectivity index (χ2v) is 4.59. The van der Waals surface area contributed by atoms with Crippen molar-refractivity contribution < 1.29 is 9.90 Å². The van der Waals surface area contributed by atoms with Crippen molar-refractivity contribution in [3.63, 3.8) is 0 Å². The van der Waals surface area contributed by atoms with Crippen molar-refractivity contribution in [2.75, 3.05) is 6.54 Å². The highest BCUT2D eigenvalue weighted by molar-refractivity contribution is 5.69. The first-order valence-corrected chi connectivity index (χ1v) is 6.64. The molecule has 0 radical (unpaired) electrons. The molecular weight excluding hydrogens is 226 g/mol. The molecule has 100 valence electrons. The van der Waals surface area contributed by atoms with Crippen LogP contribution in [-0.2, 0) is 16.8 Å². The largest absolute Gasteiger partial charge is 0.481 e. The maximum absolute atomic E-state index is 11.1. The summed E-state index contributed by atoms with van der Waals surface area (Å²) in [6.07, 6.45) is 1.88. The summed E-state index contributed by atoms with van der Waals surface area (Å²) in [5.41, 5.74) is 1.88. The van der Waals surface area contributed by atoms with Crippen LogP contribution in [0.25, 0.3) is 0 Å². The number of hydrogen-bond donors (Lipinski definition) is 2. The van der Waals surface area contributed by atoms with Crippen molar-refractivity contribution in [1.82, 2.24) is 5.32 Å². The Labute approximate surface area is 109 Å². The van der Waals surface area contributed by atoms with Gasteiger partial charge in [-0.05, 0) is 30.5 Å². The SMILES string of the molecule is CCNC(CC)(CC(=O)O)c1ccc(CC)cc1. The highest BCUT2D eigenvalue weighted by Gasteiger charge is 2.31. The van der Waals surface area contributed by atoms with Gasteiger partial charge in [-0.25, -0.2) is 0 Å². The third kappa shape index (κ3) is 3.33. The van der Waals surface area contributed by atoms with Gasteiger partial charge in [0.05, 0.1) is 12.0 Å². The predicted octanol–water partition coefficient (Wildman–Crippen LogP) is 2.94. The minimum atomic E-state index is -0.766. The van der Waals surface area contributed by atoms with Crippen LogP contribution in [0.15, 0.2) is 24.3 Å². The molecule has 0 spiro atoms. The number of rotatable bonds is 7. The maximum atomic E-state index is 11.1. The first-order valence-electron chi connectivity index (χ1n) is 6.64. The zero-order chi connectivity index (χ0) is 13.6. The number of hydrogen-bond acceptors (Lipinski definition) is 2. The van der Waals surface area contributed by atoms with Crippen molar-refractivity contribution >= 4 is 5.97 Å². The van der Waals surface area contributed by atoms with Crippen molar-refractivity contribution in [2.24, 2.45) is 0 Å². The summed E-state index contributed by atoms with van der Waals surface area (Å²) >= 11 is 0. The van der Waals surface area contributed by atoms with Crippen LogP contribution in [0.3, 0.4) is 0 Å². The Hall–Kier alpha value is -1.35. The molecule has 18 heavy (non-hydrogen) atoms. The van der Waals surface area contributed by atoms with Crippen LogP contribution in [0.2, 0.25) is 0 Å². The topological polar surface area (TPSA) is 49.3 Å². The van der Waals surface area contributed by atoms with E-state index in [2.05, 4.69) is 24.4 Å². The average molecular weight is 249 g/mol. The summed E-state index contributed by atoms with van der Waals surface area (Å²) in [6, 6.07) is 8.26. The quantitative estimate of drug-likeness (QED) is 0.781. The monoisotopic (exact) mass is 249 g/mol. The Bertz CT molecular complexity index is 386. The van der Waals surface area contributed by atoms with Crippen LogP contribution in [0.4, 0.5) is 0 Å². The van der Waals surface area contributed by atoms with Gasteiger partial charge in [-0.2, -0.15) is 0 Å². The third-order valence-corrected chi connectivity index (χ3v) is 3.49. The molecule has 1 aromatic rings. The molecule has 1 atom stereocenters. The van der Waals surface area contributed by atoms with E-state index in [1.807, 2.05) is 26.0 Å². The number of aliphatic carboxylic acids is 1. The molecule has 1 aromatic carbocycles. The molecule has 0 amide bonds. The second-order valence-electron chi connectivity index (χ2n) is 4.59. The highest BCUT2D eigenvalue weighted by Crippen LogP contribution is 2.29. The first-order chi connectivity index (χ1) is 8.57. The van der Waals surface area contributed by atoms with Gasteiger partial charge in [0.15, 0.2) is 0 Å². The zero-order valence-electron chi connectivity index (χ0n) is 11.5. The molecule has 0 saturated carbocycles. The molecule has 0 saturated heterocycles. The fourth-order valence-electron chi connectivity index (χ4n) is 2.38. The Morgan fingerprint density at radius 2 is 1.83 bits per heavy atom. The fourth-order valence-corrected chi connectivity index (χ4v) is 2.38. The standard InChI is InChI=1S/C15H23NO2/c1-4-12-7-9-13(10-8-12)15(5-2,16-6-3)11-14(17)18/h7-10,16H,4-6,11H2,1-3H3,(H,17,18). The van der Waals surface area contributed by atoms with E-state index < -0.39 is 11.5 Å². The van der Waals surface area contributed by atoms with Crippen LogP contribution in [0, 0.1) is 0 Å². The van der Waals surface area contributed by atoms with Crippen LogP contribution < -0.4 is 5.32 Å². The van der Waals surface area contributed by atoms with E-state index in [0.29, 0.717) is 0 Å². The van der Waals surface area contributed by atoms with E-state index >= 15 is 0 Å². The van der Waals surface area contributed by atoms with Gasteiger partial charge in [0.2, 0.25) is 0 Å². The Morgan fingerprint density at radius 3 is 2.22 bits per heavy atom. The number of nitrogens with one attached hydrogen (secondary N) is 1. The molecule has 1 rings (SSSR count). The Balaban J connectivity index is 3.09. The molecule has 0 aromatic heterocycles. The Kier molecular flexibility index (Phi) is 5.35. The minimum absolute atomic E-state index is 0.114. The number of aryl methyl sites for hydroxylation is 1. The van der Waals surface area contributed by atoms with Crippen LogP contribution >= 0.6 is 0 Å². The molecule has 0 bridgehead atoms. The summed E-state index contributed by atoms with van der Waals surface area (Å²) in [4.78, 5) is 11.1. The third-order valence-electron chi connectivity index (χ3n) is 3.49. The van der Waals surface area contributed by atoms with Crippen LogP contribution in [0.5, 0.6) is 0 Å². The van der Waals surface area contributed by atoms with E-state index in [4.69, 9.17) is 5.11 Å². The molecule has 0 fully saturated rings. The summed E-state index contributed by atoms with van der Waals surface area (Å²) < 4.78 is 0. The lowest BCUT2D eigenvalue weighted by atomic mass is 9.83. The summed E-state index contributed by atoms with van der Waals surface area (Å²) in [7, 11) is 0. The van der Waals surface area contributed by atoms with E-state index in [0.717, 1.165) is 24.9 Å². The maximum Gasteiger partial charge on any atom is 0.305 e. The minimum Gasteiger partial charge on any atom is -0.481 e. The highest BCUT2D eigenvalue weighted by atomic mass is 16.4. The number of benzene rings is 1. The molecule has 0 aliphatic carbocycles. The molecule has 0 heterocycles. The number of carboxylic acids is 1. The normalized spacial score (nSPS) is 14.2. The van der Waals surface area contributed by atoms with E-state index in [9.17, 15) is 4.79 Å². The molecule has 1 unspecified atom stereocenters. The van der Waals surface area contributed by atoms with Gasteiger partial charge in [-0.3, -0.25) is 4.79 Å². The second kappa shape index (κ2) is 6.55. The molecule has 0 aliphatic heterocycles. The van der Waals surface area contributed by atoms with Crippen molar-refractivity contribution in [1.29, 1.82) is 0 Å². The van der Waals surface area contributed by atoms with Crippen LogP contribution in [0.1, 0.15) is 44.7 Å². The van der Waals surface area contributed by atoms with Gasteiger partial charge in [-0.1, -0.05) is 45.0 Å². The number of carboxylic acid groups (broad SMARTS) is 1. The molecule has 3 heteroatoms. The van der Waals surface area contributed by atoms with Gasteiger partial charge in [0.1, 0.15) is 0 Å². The van der Waals surface area contributed by atoms with Gasteiger partial charge in [0, 0.05) is 0 Å². The van der Waals surface area contributed by atoms with Crippen molar-refractivity contribution in [2.45, 2.75) is 45.6 Å². The molecule has 3 nitrogen and oxygen atoms in total. The lowest BCUT2D eigenvalue weighted by Crippen LogP contribution is -2.43. The van der Waals surface area contributed by atoms with Crippen molar-refractivity contribution in [3.8, 4) is 0 Å². The lowest BCUT2D eigenvalue weighted by Gasteiger charge is -2.33. The van der Waals surface area contributed by atoms with Gasteiger partial charge in [-0.15, -0.1) is 0 Å². The van der Waals surface area contributed by atoms with E-state index in [-0.39, 0.29) is 6.42 Å². The van der Waals surface area contributed by atoms with Crippen molar-refractivity contribution in [3.05, 3.63) is 35.4 Å². The fraction of sp³-hybridized carbons (Fsp3) is 0.533. The predicted molar refractivity (Wildman–Crippen MR) is 73.7 cm³/mol. The van der Waals surface area contributed by atoms with Crippen LogP contribution in [-0.4, -0.2) is 17.6 Å². The molecule has 2 N–H and O–H groups in total. The van der Waals surface area contributed by atoms with E-state index in [1.54, 1.807) is 0 Å². The summed E-state index contributed by atoms with van der Waals surface area (Å²) in [5, 5.41) is 12.5. The van der Waals surface area contributed by atoms with Gasteiger partial charge >= 0.3 is 5.97 Å². The molecule has 0 aliphatic rings. The smallest absolute Gasteiger partial charge is 0.305 e. The molecular formula is C15H23NO2. The summed E-state index contributed by atoms with van der Waals surface area (Å²) in [6.45, 7) is 6.91. The average Bonchev–Trinajstić information content (AvgIpc) is 2.37. The zero-order valence-corrected chi connectivity index (χ0v) is 11.5. The number of carbonyl (C=O) groups is 1. The lowest BCUT2D eigenvalue weighted by molar-refractivity contribution is -0.139. The Morgan fingerprint density at radius 1 is 1.22 bits per heavy atom. The van der Waals surface area contributed by atoms with E-state index in [1.165, 1.54) is 5.56 Å².